The highest BCUT2D eigenvalue weighted by Crippen LogP contribution is 2.08. The first-order valence-corrected chi connectivity index (χ1v) is 5.48. The fourth-order valence-electron chi connectivity index (χ4n) is 1.30. The molecule has 0 fully saturated rings. The zero-order chi connectivity index (χ0) is 14.1. The Hall–Kier alpha value is -2.93. The van der Waals surface area contributed by atoms with E-state index in [1.54, 1.807) is 18.2 Å². The van der Waals surface area contributed by atoms with E-state index in [-0.39, 0.29) is 11.8 Å². The lowest BCUT2D eigenvalue weighted by Crippen LogP contribution is -2.21. The number of carbonyl (C=O) groups is 2. The van der Waals surface area contributed by atoms with E-state index < -0.39 is 0 Å². The molecule has 0 saturated carbocycles. The number of rotatable bonds is 2. The highest BCUT2D eigenvalue weighted by molar-refractivity contribution is 6.18. The molecule has 0 aromatic heterocycles. The van der Waals surface area contributed by atoms with E-state index in [0.29, 0.717) is 5.57 Å². The van der Waals surface area contributed by atoms with Crippen LogP contribution in [0.25, 0.3) is 6.08 Å². The van der Waals surface area contributed by atoms with Crippen LogP contribution >= 0.6 is 0 Å². The van der Waals surface area contributed by atoms with Crippen molar-refractivity contribution in [1.82, 2.24) is 5.32 Å². The van der Waals surface area contributed by atoms with Crippen molar-refractivity contribution in [3.63, 3.8) is 0 Å². The minimum absolute atomic E-state index is 0.341. The number of allylic oxidation sites excluding steroid dienone is 1. The van der Waals surface area contributed by atoms with Crippen LogP contribution in [0.5, 0.6) is 0 Å². The molecule has 0 bridgehead atoms. The summed E-state index contributed by atoms with van der Waals surface area (Å²) >= 11 is 0. The Kier molecular flexibility index (Phi) is 5.51. The van der Waals surface area contributed by atoms with Gasteiger partial charge < -0.3 is 0 Å². The van der Waals surface area contributed by atoms with Gasteiger partial charge in [-0.2, -0.15) is 5.26 Å². The lowest BCUT2D eigenvalue weighted by atomic mass is 10.1. The maximum absolute atomic E-state index is 11.2. The second-order valence-corrected chi connectivity index (χ2v) is 3.50. The summed E-state index contributed by atoms with van der Waals surface area (Å²) < 4.78 is 0. The average molecular weight is 252 g/mol. The van der Waals surface area contributed by atoms with E-state index in [4.69, 9.17) is 5.26 Å². The van der Waals surface area contributed by atoms with Gasteiger partial charge in [-0.05, 0) is 11.6 Å². The molecule has 0 atom stereocenters. The van der Waals surface area contributed by atoms with Crippen molar-refractivity contribution in [2.45, 2.75) is 0 Å². The highest BCUT2D eigenvalue weighted by Gasteiger charge is 2.17. The van der Waals surface area contributed by atoms with Crippen LogP contribution in [0.1, 0.15) is 5.56 Å². The highest BCUT2D eigenvalue weighted by atomic mass is 16.2. The van der Waals surface area contributed by atoms with Gasteiger partial charge in [0.2, 0.25) is 0 Å². The predicted octanol–water partition coefficient (Wildman–Crippen LogP) is 1.98. The van der Waals surface area contributed by atoms with E-state index in [0.717, 1.165) is 5.56 Å². The van der Waals surface area contributed by atoms with Crippen LogP contribution in [0.4, 0.5) is 0 Å². The molecule has 4 heteroatoms. The number of nitrogens with zero attached hydrogens (tertiary/aromatic N) is 1. The Labute approximate surface area is 111 Å². The van der Waals surface area contributed by atoms with Gasteiger partial charge in [0.1, 0.15) is 0 Å². The summed E-state index contributed by atoms with van der Waals surface area (Å²) in [4.78, 5) is 22.0. The first-order chi connectivity index (χ1) is 9.17. The zero-order valence-electron chi connectivity index (χ0n) is 10.2. The van der Waals surface area contributed by atoms with Crippen molar-refractivity contribution in [3.05, 3.63) is 66.3 Å². The lowest BCUT2D eigenvalue weighted by Gasteiger charge is -1.92. The minimum Gasteiger partial charge on any atom is -0.289 e. The number of nitrogens with one attached hydrogen (secondary N) is 1. The van der Waals surface area contributed by atoms with Crippen LogP contribution in [0.15, 0.2) is 60.7 Å². The van der Waals surface area contributed by atoms with Crippen LogP contribution in [0.3, 0.4) is 0 Å². The van der Waals surface area contributed by atoms with Crippen molar-refractivity contribution in [2.24, 2.45) is 0 Å². The van der Waals surface area contributed by atoms with Crippen molar-refractivity contribution in [1.29, 1.82) is 5.26 Å². The van der Waals surface area contributed by atoms with E-state index in [1.165, 1.54) is 12.2 Å². The molecule has 1 aliphatic rings. The quantitative estimate of drug-likeness (QED) is 0.646. The number of nitriles is 1. The molecule has 2 rings (SSSR count). The Bertz CT molecular complexity index is 578. The summed E-state index contributed by atoms with van der Waals surface area (Å²) in [6.45, 7) is 3.12. The Morgan fingerprint density at radius 2 is 1.79 bits per heavy atom. The normalized spacial score (nSPS) is 13.1. The Balaban J connectivity index is 0.000000399. The van der Waals surface area contributed by atoms with Crippen LogP contribution in [0, 0.1) is 11.3 Å². The fourth-order valence-corrected chi connectivity index (χ4v) is 1.30. The standard InChI is InChI=1S/C12H9NO2.C3H3N/c14-11-8-10(12(15)13-11)7-6-9-4-2-1-3-5-9;1-2-3-4/h1-8H,(H,13,14,15);2H,1H2. The molecule has 1 heterocycles. The van der Waals surface area contributed by atoms with Gasteiger partial charge in [0.25, 0.3) is 11.8 Å². The number of hydrogen-bond acceptors (Lipinski definition) is 3. The second kappa shape index (κ2) is 7.41. The first-order valence-electron chi connectivity index (χ1n) is 5.48. The molecule has 1 aliphatic heterocycles. The Morgan fingerprint density at radius 3 is 2.26 bits per heavy atom. The lowest BCUT2D eigenvalue weighted by molar-refractivity contribution is -0.123. The van der Waals surface area contributed by atoms with Crippen molar-refractivity contribution in [3.8, 4) is 6.07 Å². The maximum atomic E-state index is 11.2. The van der Waals surface area contributed by atoms with Gasteiger partial charge >= 0.3 is 0 Å². The largest absolute Gasteiger partial charge is 0.289 e. The fraction of sp³-hybridized carbons (Fsp3) is 0. The van der Waals surface area contributed by atoms with Gasteiger partial charge in [-0.15, -0.1) is 0 Å². The molecule has 0 unspecified atom stereocenters. The summed E-state index contributed by atoms with van der Waals surface area (Å²) in [5.74, 6) is -0.695. The molecular formula is C15H12N2O2. The molecule has 1 aromatic rings. The van der Waals surface area contributed by atoms with Crippen LogP contribution in [0.2, 0.25) is 0 Å². The summed E-state index contributed by atoms with van der Waals surface area (Å²) in [7, 11) is 0. The summed E-state index contributed by atoms with van der Waals surface area (Å²) in [5, 5.41) is 9.69. The van der Waals surface area contributed by atoms with E-state index in [2.05, 4.69) is 11.9 Å². The van der Waals surface area contributed by atoms with Crippen LogP contribution < -0.4 is 5.32 Å². The molecule has 0 saturated heterocycles. The molecule has 19 heavy (non-hydrogen) atoms. The number of amides is 2. The molecule has 94 valence electrons. The molecule has 0 aliphatic carbocycles. The number of carbonyl (C=O) groups excluding carboxylic acids is 2. The van der Waals surface area contributed by atoms with Crippen LogP contribution in [-0.2, 0) is 9.59 Å². The van der Waals surface area contributed by atoms with E-state index >= 15 is 0 Å². The van der Waals surface area contributed by atoms with Gasteiger partial charge in [-0.3, -0.25) is 14.9 Å². The van der Waals surface area contributed by atoms with Crippen LogP contribution in [-0.4, -0.2) is 11.8 Å². The maximum Gasteiger partial charge on any atom is 0.258 e. The first kappa shape index (κ1) is 14.1. The molecule has 0 radical (unpaired) electrons. The monoisotopic (exact) mass is 252 g/mol. The molecule has 1 N–H and O–H groups in total. The Morgan fingerprint density at radius 1 is 1.16 bits per heavy atom. The molecule has 4 nitrogen and oxygen atoms in total. The van der Waals surface area contributed by atoms with Gasteiger partial charge in [-0.25, -0.2) is 0 Å². The third-order valence-corrected chi connectivity index (χ3v) is 2.13. The summed E-state index contributed by atoms with van der Waals surface area (Å²) in [6, 6.07) is 11.3. The third kappa shape index (κ3) is 4.84. The molecular weight excluding hydrogens is 240 g/mol. The zero-order valence-corrected chi connectivity index (χ0v) is 10.2. The topological polar surface area (TPSA) is 70.0 Å². The summed E-state index contributed by atoms with van der Waals surface area (Å²) in [6.07, 6.45) is 5.90. The van der Waals surface area contributed by atoms with E-state index in [9.17, 15) is 9.59 Å². The van der Waals surface area contributed by atoms with Gasteiger partial charge in [0.15, 0.2) is 0 Å². The van der Waals surface area contributed by atoms with Crippen molar-refractivity contribution in [2.75, 3.05) is 0 Å². The third-order valence-electron chi connectivity index (χ3n) is 2.13. The number of hydrogen-bond donors (Lipinski definition) is 1. The SMILES string of the molecule is C=CC#N.O=C1C=C(C=Cc2ccccc2)C(=O)N1. The van der Waals surface area contributed by atoms with Gasteiger partial charge in [0.05, 0.1) is 6.07 Å². The molecule has 1 aromatic carbocycles. The van der Waals surface area contributed by atoms with Crippen molar-refractivity contribution < 1.29 is 9.59 Å². The predicted molar refractivity (Wildman–Crippen MR) is 72.5 cm³/mol. The average Bonchev–Trinajstić information content (AvgIpc) is 2.76. The van der Waals surface area contributed by atoms with Gasteiger partial charge in [0, 0.05) is 17.7 Å². The summed E-state index contributed by atoms with van der Waals surface area (Å²) in [5.41, 5.74) is 1.38. The number of imide groups is 1. The second-order valence-electron chi connectivity index (χ2n) is 3.50. The van der Waals surface area contributed by atoms with E-state index in [1.807, 2.05) is 30.3 Å². The van der Waals surface area contributed by atoms with Gasteiger partial charge in [-0.1, -0.05) is 43.0 Å². The molecule has 2 amide bonds. The molecule has 0 spiro atoms. The smallest absolute Gasteiger partial charge is 0.258 e. The van der Waals surface area contributed by atoms with Crippen molar-refractivity contribution >= 4 is 17.9 Å². The minimum atomic E-state index is -0.354. The number of benzene rings is 1.